The highest BCUT2D eigenvalue weighted by atomic mass is 16.5. The van der Waals surface area contributed by atoms with E-state index in [4.69, 9.17) is 14.2 Å². The van der Waals surface area contributed by atoms with Gasteiger partial charge in [0.05, 0.1) is 26.7 Å². The first-order valence-electron chi connectivity index (χ1n) is 7.48. The van der Waals surface area contributed by atoms with Crippen LogP contribution in [0.1, 0.15) is 15.9 Å². The molecule has 6 heteroatoms. The number of Topliss-reactive ketones (excluding diaryl/α,β-unsaturated/α-hetero) is 1. The zero-order valence-corrected chi connectivity index (χ0v) is 13.4. The summed E-state index contributed by atoms with van der Waals surface area (Å²) in [7, 11) is 2.96. The molecule has 24 heavy (non-hydrogen) atoms. The number of carbonyl (C=O) groups excluding carboxylic acids is 1. The lowest BCUT2D eigenvalue weighted by atomic mass is 9.89. The Morgan fingerprint density at radius 1 is 1.12 bits per heavy atom. The van der Waals surface area contributed by atoms with Gasteiger partial charge in [-0.3, -0.25) is 4.79 Å². The lowest BCUT2D eigenvalue weighted by molar-refractivity contribution is 0.0820. The number of phenolic OH excluding ortho intramolecular Hbond substituents is 2. The van der Waals surface area contributed by atoms with Crippen LogP contribution >= 0.6 is 0 Å². The van der Waals surface area contributed by atoms with Gasteiger partial charge >= 0.3 is 0 Å². The van der Waals surface area contributed by atoms with E-state index in [1.54, 1.807) is 7.11 Å². The van der Waals surface area contributed by atoms with Crippen molar-refractivity contribution in [3.63, 3.8) is 0 Å². The van der Waals surface area contributed by atoms with E-state index in [-0.39, 0.29) is 41.0 Å². The van der Waals surface area contributed by atoms with Crippen molar-refractivity contribution in [1.29, 1.82) is 0 Å². The highest BCUT2D eigenvalue weighted by molar-refractivity contribution is 6.05. The molecule has 0 spiro atoms. The molecule has 0 aliphatic carbocycles. The number of hydrogen-bond donors (Lipinski definition) is 2. The van der Waals surface area contributed by atoms with E-state index >= 15 is 0 Å². The van der Waals surface area contributed by atoms with Crippen LogP contribution in [0.15, 0.2) is 30.3 Å². The zero-order valence-electron chi connectivity index (χ0n) is 13.4. The van der Waals surface area contributed by atoms with Crippen LogP contribution in [0, 0.1) is 5.92 Å². The van der Waals surface area contributed by atoms with Crippen molar-refractivity contribution in [2.24, 2.45) is 5.92 Å². The van der Waals surface area contributed by atoms with Crippen molar-refractivity contribution in [2.45, 2.75) is 6.42 Å². The van der Waals surface area contributed by atoms with Crippen molar-refractivity contribution in [3.05, 3.63) is 41.5 Å². The molecule has 0 saturated heterocycles. The number of aromatic hydroxyl groups is 2. The summed E-state index contributed by atoms with van der Waals surface area (Å²) < 4.78 is 15.8. The highest BCUT2D eigenvalue weighted by Crippen LogP contribution is 2.47. The lowest BCUT2D eigenvalue weighted by Crippen LogP contribution is -2.29. The first-order valence-corrected chi connectivity index (χ1v) is 7.48. The number of fused-ring (bicyclic) bond motifs is 1. The van der Waals surface area contributed by atoms with Gasteiger partial charge in [-0.1, -0.05) is 12.1 Å². The van der Waals surface area contributed by atoms with Gasteiger partial charge in [-0.15, -0.1) is 0 Å². The molecule has 3 rings (SSSR count). The van der Waals surface area contributed by atoms with Gasteiger partial charge in [-0.05, 0) is 24.1 Å². The molecule has 0 amide bonds. The second-order valence-electron chi connectivity index (χ2n) is 5.58. The van der Waals surface area contributed by atoms with Crippen molar-refractivity contribution >= 4 is 5.78 Å². The monoisotopic (exact) mass is 330 g/mol. The van der Waals surface area contributed by atoms with E-state index in [0.717, 1.165) is 17.4 Å². The van der Waals surface area contributed by atoms with E-state index in [1.807, 2.05) is 24.3 Å². The Bertz CT molecular complexity index is 766. The van der Waals surface area contributed by atoms with Gasteiger partial charge in [-0.2, -0.15) is 0 Å². The Kier molecular flexibility index (Phi) is 4.20. The number of benzene rings is 2. The number of ketones is 1. The zero-order chi connectivity index (χ0) is 17.3. The Hall–Kier alpha value is -2.89. The second kappa shape index (κ2) is 6.31. The minimum atomic E-state index is -0.425. The molecule has 1 heterocycles. The number of methoxy groups -OCH3 is 2. The molecule has 2 aromatic carbocycles. The first kappa shape index (κ1) is 16.0. The molecule has 0 bridgehead atoms. The van der Waals surface area contributed by atoms with Crippen LogP contribution in [0.2, 0.25) is 0 Å². The molecule has 2 N–H and O–H groups in total. The number of carbonyl (C=O) groups is 1. The largest absolute Gasteiger partial charge is 0.507 e. The normalized spacial score (nSPS) is 16.2. The minimum absolute atomic E-state index is 0.0504. The second-order valence-corrected chi connectivity index (χ2v) is 5.58. The van der Waals surface area contributed by atoms with Gasteiger partial charge in [0.2, 0.25) is 5.75 Å². The van der Waals surface area contributed by atoms with E-state index in [1.165, 1.54) is 7.11 Å². The van der Waals surface area contributed by atoms with E-state index < -0.39 is 5.92 Å². The van der Waals surface area contributed by atoms with Crippen molar-refractivity contribution < 1.29 is 29.2 Å². The third-order valence-corrected chi connectivity index (χ3v) is 4.09. The summed E-state index contributed by atoms with van der Waals surface area (Å²) in [6.45, 7) is 0.150. The number of phenols is 2. The van der Waals surface area contributed by atoms with Crippen molar-refractivity contribution in [2.75, 3.05) is 20.8 Å². The Balaban J connectivity index is 1.89. The topological polar surface area (TPSA) is 85.2 Å². The van der Waals surface area contributed by atoms with E-state index in [9.17, 15) is 15.0 Å². The maximum Gasteiger partial charge on any atom is 0.204 e. The molecule has 0 saturated carbocycles. The Morgan fingerprint density at radius 3 is 2.46 bits per heavy atom. The van der Waals surface area contributed by atoms with Crippen molar-refractivity contribution in [3.8, 4) is 28.7 Å². The predicted octanol–water partition coefficient (Wildman–Crippen LogP) is 2.55. The van der Waals surface area contributed by atoms with E-state index in [2.05, 4.69) is 0 Å². The molecule has 1 aliphatic rings. The minimum Gasteiger partial charge on any atom is -0.507 e. The summed E-state index contributed by atoms with van der Waals surface area (Å²) in [6, 6.07) is 8.53. The summed E-state index contributed by atoms with van der Waals surface area (Å²) in [5.41, 5.74) is 1.01. The summed E-state index contributed by atoms with van der Waals surface area (Å²) >= 11 is 0. The van der Waals surface area contributed by atoms with Crippen LogP contribution in [0.5, 0.6) is 28.7 Å². The third-order valence-electron chi connectivity index (χ3n) is 4.09. The van der Waals surface area contributed by atoms with Crippen molar-refractivity contribution in [1.82, 2.24) is 0 Å². The SMILES string of the molecule is COc1ccc(C[C@@H]2COc3c(OC)c(O)cc(O)c3C2=O)cc1. The number of hydrogen-bond acceptors (Lipinski definition) is 6. The van der Waals surface area contributed by atoms with Gasteiger partial charge in [0.15, 0.2) is 17.3 Å². The molecule has 1 atom stereocenters. The van der Waals surface area contributed by atoms with Gasteiger partial charge in [-0.25, -0.2) is 0 Å². The highest BCUT2D eigenvalue weighted by Gasteiger charge is 2.35. The molecule has 0 radical (unpaired) electrons. The van der Waals surface area contributed by atoms with E-state index in [0.29, 0.717) is 6.42 Å². The van der Waals surface area contributed by atoms with Crippen LogP contribution in [0.3, 0.4) is 0 Å². The molecule has 126 valence electrons. The van der Waals surface area contributed by atoms with Gasteiger partial charge in [0.25, 0.3) is 0 Å². The number of ether oxygens (including phenoxy) is 3. The molecule has 0 fully saturated rings. The van der Waals surface area contributed by atoms with Crippen LogP contribution in [0.4, 0.5) is 0 Å². The Labute approximate surface area is 139 Å². The van der Waals surface area contributed by atoms with Crippen LogP contribution in [0.25, 0.3) is 0 Å². The fourth-order valence-corrected chi connectivity index (χ4v) is 2.85. The summed E-state index contributed by atoms with van der Waals surface area (Å²) in [4.78, 5) is 12.7. The summed E-state index contributed by atoms with van der Waals surface area (Å²) in [6.07, 6.45) is 0.477. The van der Waals surface area contributed by atoms with Crippen LogP contribution in [-0.2, 0) is 6.42 Å². The molecule has 6 nitrogen and oxygen atoms in total. The van der Waals surface area contributed by atoms with Crippen LogP contribution < -0.4 is 14.2 Å². The smallest absolute Gasteiger partial charge is 0.204 e. The molecule has 0 unspecified atom stereocenters. The number of rotatable bonds is 4. The fraction of sp³-hybridized carbons (Fsp3) is 0.278. The molecule has 0 aromatic heterocycles. The maximum atomic E-state index is 12.7. The quantitative estimate of drug-likeness (QED) is 0.896. The first-order chi connectivity index (χ1) is 11.5. The average molecular weight is 330 g/mol. The fourth-order valence-electron chi connectivity index (χ4n) is 2.85. The molecular weight excluding hydrogens is 312 g/mol. The molecule has 2 aromatic rings. The van der Waals surface area contributed by atoms with Gasteiger partial charge in [0.1, 0.15) is 17.1 Å². The third kappa shape index (κ3) is 2.71. The van der Waals surface area contributed by atoms with Gasteiger partial charge in [0, 0.05) is 6.07 Å². The predicted molar refractivity (Wildman–Crippen MR) is 86.3 cm³/mol. The Morgan fingerprint density at radius 2 is 1.83 bits per heavy atom. The summed E-state index contributed by atoms with van der Waals surface area (Å²) in [5.74, 6) is -0.352. The summed E-state index contributed by atoms with van der Waals surface area (Å²) in [5, 5.41) is 19.8. The average Bonchev–Trinajstić information content (AvgIpc) is 2.58. The molecule has 1 aliphatic heterocycles. The standard InChI is InChI=1S/C18H18O6/c1-22-12-5-3-10(4-6-12)7-11-9-24-18-15(16(11)21)13(19)8-14(20)17(18)23-2/h3-6,8,11,19-20H,7,9H2,1-2H3/t11-/m1/s1. The molecular formula is C18H18O6. The van der Waals surface area contributed by atoms with Gasteiger partial charge < -0.3 is 24.4 Å². The van der Waals surface area contributed by atoms with Crippen LogP contribution in [-0.4, -0.2) is 36.8 Å². The lowest BCUT2D eigenvalue weighted by Gasteiger charge is -2.26. The maximum absolute atomic E-state index is 12.7.